The highest BCUT2D eigenvalue weighted by Gasteiger charge is 2.23. The van der Waals surface area contributed by atoms with Crippen molar-refractivity contribution in [2.24, 2.45) is 0 Å². The van der Waals surface area contributed by atoms with Gasteiger partial charge in [0.25, 0.3) is 11.9 Å². The number of likely N-dealkylation sites (N-methyl/N-ethyl adjacent to an activating group) is 1. The Morgan fingerprint density at radius 2 is 1.79 bits per heavy atom. The van der Waals surface area contributed by atoms with Gasteiger partial charge in [0.2, 0.25) is 0 Å². The van der Waals surface area contributed by atoms with Crippen molar-refractivity contribution in [3.05, 3.63) is 94.9 Å². The van der Waals surface area contributed by atoms with E-state index in [2.05, 4.69) is 22.2 Å². The predicted octanol–water partition coefficient (Wildman–Crippen LogP) is 3.54. The normalized spacial score (nSPS) is 13.2. The van der Waals surface area contributed by atoms with Crippen molar-refractivity contribution in [2.45, 2.75) is 25.9 Å². The van der Waals surface area contributed by atoms with Crippen molar-refractivity contribution in [1.29, 1.82) is 0 Å². The summed E-state index contributed by atoms with van der Waals surface area (Å²) in [7, 11) is 1.68. The van der Waals surface area contributed by atoms with Crippen LogP contribution in [0, 0.1) is 6.92 Å². The zero-order valence-electron chi connectivity index (χ0n) is 18.6. The van der Waals surface area contributed by atoms with Crippen molar-refractivity contribution in [3.63, 3.8) is 0 Å². The van der Waals surface area contributed by atoms with Crippen molar-refractivity contribution in [3.8, 4) is 17.2 Å². The molecule has 5 rings (SSSR count). The highest BCUT2D eigenvalue weighted by molar-refractivity contribution is 5.95. The van der Waals surface area contributed by atoms with Crippen LogP contribution in [0.25, 0.3) is 17.2 Å². The molecule has 2 aromatic heterocycles. The number of benzene rings is 2. The summed E-state index contributed by atoms with van der Waals surface area (Å²) in [6, 6.07) is 17.6. The second-order valence-electron chi connectivity index (χ2n) is 8.37. The maximum atomic E-state index is 13.1. The molecule has 0 radical (unpaired) electrons. The number of aryl methyl sites for hydroxylation is 2. The molecule has 0 fully saturated rings. The Labute approximate surface area is 192 Å². The topological polar surface area (TPSA) is 84.1 Å². The Bertz CT molecular complexity index is 1320. The molecule has 0 bridgehead atoms. The van der Waals surface area contributed by atoms with Gasteiger partial charge in [-0.1, -0.05) is 54.6 Å². The second-order valence-corrected chi connectivity index (χ2v) is 8.37. The SMILES string of the molecule is Cc1c(C(=O)N(C)CC(O)c2ccccc2)cnn1-c1ncc2c(n1)-c1ccccc1CC2. The lowest BCUT2D eigenvalue weighted by Gasteiger charge is -2.21. The van der Waals surface area contributed by atoms with Crippen molar-refractivity contribution < 1.29 is 9.90 Å². The third-order valence-electron chi connectivity index (χ3n) is 6.20. The zero-order chi connectivity index (χ0) is 22.9. The van der Waals surface area contributed by atoms with E-state index < -0.39 is 6.10 Å². The smallest absolute Gasteiger partial charge is 0.257 e. The molecular weight excluding hydrogens is 414 g/mol. The Hall–Kier alpha value is -3.84. The maximum Gasteiger partial charge on any atom is 0.257 e. The first-order chi connectivity index (χ1) is 16.0. The first-order valence-electron chi connectivity index (χ1n) is 11.0. The number of carbonyl (C=O) groups is 1. The Morgan fingerprint density at radius 1 is 1.06 bits per heavy atom. The molecular formula is C26H25N5O2. The van der Waals surface area contributed by atoms with E-state index in [0.717, 1.165) is 35.2 Å². The van der Waals surface area contributed by atoms with Gasteiger partial charge >= 0.3 is 0 Å². The molecule has 4 aromatic rings. The molecule has 1 atom stereocenters. The third-order valence-corrected chi connectivity index (χ3v) is 6.20. The van der Waals surface area contributed by atoms with Crippen LogP contribution in [0.5, 0.6) is 0 Å². The lowest BCUT2D eigenvalue weighted by Crippen LogP contribution is -2.31. The molecule has 166 valence electrons. The predicted molar refractivity (Wildman–Crippen MR) is 125 cm³/mol. The molecule has 1 amide bonds. The van der Waals surface area contributed by atoms with Gasteiger partial charge in [0, 0.05) is 18.8 Å². The molecule has 0 aliphatic heterocycles. The van der Waals surface area contributed by atoms with Crippen LogP contribution < -0.4 is 0 Å². The quantitative estimate of drug-likeness (QED) is 0.514. The highest BCUT2D eigenvalue weighted by Crippen LogP contribution is 2.31. The number of aliphatic hydroxyl groups is 1. The fraction of sp³-hybridized carbons (Fsp3) is 0.231. The molecule has 1 unspecified atom stereocenters. The molecule has 33 heavy (non-hydrogen) atoms. The van der Waals surface area contributed by atoms with Crippen LogP contribution in [-0.2, 0) is 12.8 Å². The van der Waals surface area contributed by atoms with Gasteiger partial charge < -0.3 is 10.0 Å². The van der Waals surface area contributed by atoms with E-state index in [1.165, 1.54) is 10.5 Å². The summed E-state index contributed by atoms with van der Waals surface area (Å²) in [6.45, 7) is 2.01. The molecule has 0 spiro atoms. The molecule has 1 N–H and O–H groups in total. The molecule has 2 heterocycles. The summed E-state index contributed by atoms with van der Waals surface area (Å²) in [4.78, 5) is 23.9. The molecule has 0 saturated carbocycles. The summed E-state index contributed by atoms with van der Waals surface area (Å²) in [5.41, 5.74) is 6.33. The van der Waals surface area contributed by atoms with E-state index in [0.29, 0.717) is 17.2 Å². The number of amides is 1. The maximum absolute atomic E-state index is 13.1. The first-order valence-corrected chi connectivity index (χ1v) is 11.0. The lowest BCUT2D eigenvalue weighted by molar-refractivity contribution is 0.0680. The van der Waals surface area contributed by atoms with Crippen LogP contribution in [0.2, 0.25) is 0 Å². The number of nitrogens with zero attached hydrogens (tertiary/aromatic N) is 5. The first kappa shape index (κ1) is 21.0. The number of hydrogen-bond donors (Lipinski definition) is 1. The van der Waals surface area contributed by atoms with Gasteiger partial charge in [-0.25, -0.2) is 14.6 Å². The van der Waals surface area contributed by atoms with Gasteiger partial charge in [-0.2, -0.15) is 5.10 Å². The number of carbonyl (C=O) groups excluding carboxylic acids is 1. The van der Waals surface area contributed by atoms with E-state index >= 15 is 0 Å². The Balaban J connectivity index is 1.40. The Kier molecular flexibility index (Phi) is 5.48. The summed E-state index contributed by atoms with van der Waals surface area (Å²) in [5, 5.41) is 14.9. The van der Waals surface area contributed by atoms with Crippen LogP contribution in [-0.4, -0.2) is 49.3 Å². The van der Waals surface area contributed by atoms with Crippen LogP contribution in [0.1, 0.15) is 38.8 Å². The minimum Gasteiger partial charge on any atom is -0.387 e. The van der Waals surface area contributed by atoms with Gasteiger partial charge in [-0.05, 0) is 36.5 Å². The largest absolute Gasteiger partial charge is 0.387 e. The van der Waals surface area contributed by atoms with Crippen molar-refractivity contribution >= 4 is 5.91 Å². The van der Waals surface area contributed by atoms with E-state index in [-0.39, 0.29) is 12.5 Å². The van der Waals surface area contributed by atoms with Gasteiger partial charge in [-0.15, -0.1) is 0 Å². The monoisotopic (exact) mass is 439 g/mol. The van der Waals surface area contributed by atoms with Gasteiger partial charge in [0.15, 0.2) is 0 Å². The summed E-state index contributed by atoms with van der Waals surface area (Å²) in [6.07, 6.45) is 4.52. The number of aromatic nitrogens is 4. The van der Waals surface area contributed by atoms with E-state index in [1.807, 2.05) is 55.6 Å². The number of fused-ring (bicyclic) bond motifs is 3. The number of rotatable bonds is 5. The molecule has 7 heteroatoms. The molecule has 2 aromatic carbocycles. The third kappa shape index (κ3) is 3.91. The second kappa shape index (κ2) is 8.60. The zero-order valence-corrected chi connectivity index (χ0v) is 18.6. The minimum atomic E-state index is -0.764. The average Bonchev–Trinajstić information content (AvgIpc) is 3.24. The highest BCUT2D eigenvalue weighted by atomic mass is 16.3. The lowest BCUT2D eigenvalue weighted by atomic mass is 9.90. The van der Waals surface area contributed by atoms with Crippen LogP contribution in [0.15, 0.2) is 67.0 Å². The standard InChI is InChI=1S/C26H25N5O2/c1-17-22(25(33)30(2)16-23(32)19-9-4-3-5-10-19)15-28-31(17)26-27-14-20-13-12-18-8-6-7-11-21(18)24(20)29-26/h3-11,14-15,23,32H,12-13,16H2,1-2H3. The fourth-order valence-corrected chi connectivity index (χ4v) is 4.30. The van der Waals surface area contributed by atoms with Gasteiger partial charge in [-0.3, -0.25) is 4.79 Å². The fourth-order valence-electron chi connectivity index (χ4n) is 4.30. The summed E-state index contributed by atoms with van der Waals surface area (Å²) in [5.74, 6) is 0.228. The molecule has 1 aliphatic rings. The molecule has 1 aliphatic carbocycles. The van der Waals surface area contributed by atoms with E-state index in [1.54, 1.807) is 17.9 Å². The van der Waals surface area contributed by atoms with Crippen molar-refractivity contribution in [2.75, 3.05) is 13.6 Å². The number of hydrogen-bond acceptors (Lipinski definition) is 5. The minimum absolute atomic E-state index is 0.180. The van der Waals surface area contributed by atoms with Gasteiger partial charge in [0.05, 0.1) is 35.8 Å². The van der Waals surface area contributed by atoms with Crippen LogP contribution >= 0.6 is 0 Å². The van der Waals surface area contributed by atoms with Crippen molar-refractivity contribution in [1.82, 2.24) is 24.6 Å². The van der Waals surface area contributed by atoms with E-state index in [9.17, 15) is 9.90 Å². The van der Waals surface area contributed by atoms with Gasteiger partial charge in [0.1, 0.15) is 0 Å². The summed E-state index contributed by atoms with van der Waals surface area (Å²) >= 11 is 0. The Morgan fingerprint density at radius 3 is 2.61 bits per heavy atom. The summed E-state index contributed by atoms with van der Waals surface area (Å²) < 4.78 is 1.60. The average molecular weight is 440 g/mol. The number of aliphatic hydroxyl groups excluding tert-OH is 1. The van der Waals surface area contributed by atoms with Crippen LogP contribution in [0.3, 0.4) is 0 Å². The van der Waals surface area contributed by atoms with E-state index in [4.69, 9.17) is 4.98 Å². The molecule has 7 nitrogen and oxygen atoms in total. The van der Waals surface area contributed by atoms with Crippen LogP contribution in [0.4, 0.5) is 0 Å². The molecule has 0 saturated heterocycles.